The Balaban J connectivity index is 1.47. The van der Waals surface area contributed by atoms with Gasteiger partial charge in [-0.2, -0.15) is 0 Å². The highest BCUT2D eigenvalue weighted by molar-refractivity contribution is 8.23. The van der Waals surface area contributed by atoms with Crippen molar-refractivity contribution in [3.63, 3.8) is 0 Å². The molecule has 0 bridgehead atoms. The molecule has 2 aromatic rings. The maximum atomic E-state index is 6.10. The van der Waals surface area contributed by atoms with Crippen molar-refractivity contribution in [2.24, 2.45) is 0 Å². The Morgan fingerprint density at radius 3 is 1.34 bits per heavy atom. The van der Waals surface area contributed by atoms with Crippen LogP contribution >= 0.6 is 48.0 Å². The van der Waals surface area contributed by atoms with E-state index in [1.165, 1.54) is 11.1 Å². The van der Waals surface area contributed by atoms with Crippen LogP contribution in [0.4, 0.5) is 0 Å². The predicted molar refractivity (Wildman–Crippen MR) is 142 cm³/mol. The lowest BCUT2D eigenvalue weighted by atomic mass is 9.96. The van der Waals surface area contributed by atoms with E-state index in [0.717, 1.165) is 45.3 Å². The number of hydrogen-bond donors (Lipinski definition) is 0. The molecule has 2 aliphatic rings. The summed E-state index contributed by atoms with van der Waals surface area (Å²) < 4.78 is 24.6. The fourth-order valence-corrected chi connectivity index (χ4v) is 6.00. The maximum absolute atomic E-state index is 6.10. The Kier molecular flexibility index (Phi) is 7.54. The Hall–Kier alpha value is -1.48. The van der Waals surface area contributed by atoms with Gasteiger partial charge in [0.1, 0.15) is 36.9 Å². The lowest BCUT2D eigenvalue weighted by molar-refractivity contribution is 0.150. The Morgan fingerprint density at radius 1 is 0.719 bits per heavy atom. The number of benzene rings is 2. The molecule has 1 unspecified atom stereocenters. The number of thiocarbonyl (C=S) groups is 2. The van der Waals surface area contributed by atoms with Crippen molar-refractivity contribution in [2.45, 2.75) is 39.9 Å². The SMILES string of the molecule is Cc1cc(-c2cc(C)c(OC[C@H]3CSC(=S)O3)c(C)c2)cc(C)c1OCC1CSC(=S)O1. The van der Waals surface area contributed by atoms with E-state index >= 15 is 0 Å². The standard InChI is InChI=1S/C24H26O4S4/c1-13-5-17(6-14(2)21(13)25-9-19-11-31-23(29)27-19)18-7-15(3)22(16(4)8-18)26-10-20-12-32-24(30)28-20/h5-8,19-20H,9-12H2,1-4H3/t19-,20?/m0/s1. The van der Waals surface area contributed by atoms with Gasteiger partial charge in [0, 0.05) is 11.5 Å². The fraction of sp³-hybridized carbons (Fsp3) is 0.417. The molecule has 2 heterocycles. The van der Waals surface area contributed by atoms with Crippen molar-refractivity contribution in [3.05, 3.63) is 46.5 Å². The predicted octanol–water partition coefficient (Wildman–Crippen LogP) is 6.18. The van der Waals surface area contributed by atoms with E-state index in [1.807, 2.05) is 0 Å². The molecule has 0 amide bonds. The summed E-state index contributed by atoms with van der Waals surface area (Å²) in [5, 5.41) is 0. The molecule has 2 fully saturated rings. The topological polar surface area (TPSA) is 36.9 Å². The lowest BCUT2D eigenvalue weighted by Crippen LogP contribution is -2.20. The molecule has 4 rings (SSSR count). The maximum Gasteiger partial charge on any atom is 0.220 e. The summed E-state index contributed by atoms with van der Waals surface area (Å²) in [4.78, 5) is 0. The van der Waals surface area contributed by atoms with Crippen molar-refractivity contribution in [1.29, 1.82) is 0 Å². The monoisotopic (exact) mass is 506 g/mol. The van der Waals surface area contributed by atoms with Crippen LogP contribution in [-0.4, -0.2) is 45.7 Å². The number of hydrogen-bond acceptors (Lipinski definition) is 8. The molecule has 0 saturated carbocycles. The van der Waals surface area contributed by atoms with E-state index in [1.54, 1.807) is 23.5 Å². The molecule has 2 atom stereocenters. The first-order valence-electron chi connectivity index (χ1n) is 10.5. The highest BCUT2D eigenvalue weighted by atomic mass is 32.2. The minimum absolute atomic E-state index is 0.0209. The van der Waals surface area contributed by atoms with E-state index in [0.29, 0.717) is 22.0 Å². The van der Waals surface area contributed by atoms with Crippen LogP contribution in [0.25, 0.3) is 11.1 Å². The van der Waals surface area contributed by atoms with Gasteiger partial charge in [-0.3, -0.25) is 0 Å². The summed E-state index contributed by atoms with van der Waals surface area (Å²) in [6.07, 6.45) is 0.0419. The molecule has 2 saturated heterocycles. The van der Waals surface area contributed by atoms with Crippen LogP contribution in [0, 0.1) is 27.7 Å². The van der Waals surface area contributed by atoms with Gasteiger partial charge in [0.15, 0.2) is 0 Å². The second-order valence-electron chi connectivity index (χ2n) is 8.10. The summed E-state index contributed by atoms with van der Waals surface area (Å²) in [7, 11) is 0. The first-order chi connectivity index (χ1) is 15.3. The third kappa shape index (κ3) is 5.53. The Labute approximate surface area is 208 Å². The number of thioether (sulfide) groups is 2. The summed E-state index contributed by atoms with van der Waals surface area (Å²) >= 11 is 13.3. The van der Waals surface area contributed by atoms with E-state index in [2.05, 4.69) is 52.0 Å². The molecule has 4 nitrogen and oxygen atoms in total. The summed E-state index contributed by atoms with van der Waals surface area (Å²) in [6, 6.07) is 8.71. The first kappa shape index (κ1) is 23.7. The highest BCUT2D eigenvalue weighted by Gasteiger charge is 2.24. The average molecular weight is 507 g/mol. The Bertz CT molecular complexity index is 923. The average Bonchev–Trinajstić information content (AvgIpc) is 3.34. The quantitative estimate of drug-likeness (QED) is 0.412. The van der Waals surface area contributed by atoms with Gasteiger partial charge < -0.3 is 18.9 Å². The second-order valence-corrected chi connectivity index (χ2v) is 11.3. The van der Waals surface area contributed by atoms with Crippen LogP contribution in [0.2, 0.25) is 0 Å². The van der Waals surface area contributed by atoms with Crippen molar-refractivity contribution in [1.82, 2.24) is 0 Å². The zero-order chi connectivity index (χ0) is 22.8. The van der Waals surface area contributed by atoms with Crippen LogP contribution in [0.1, 0.15) is 22.3 Å². The number of aryl methyl sites for hydroxylation is 4. The van der Waals surface area contributed by atoms with Gasteiger partial charge >= 0.3 is 0 Å². The molecule has 0 aliphatic carbocycles. The first-order valence-corrected chi connectivity index (χ1v) is 13.2. The van der Waals surface area contributed by atoms with Crippen LogP contribution in [-0.2, 0) is 9.47 Å². The van der Waals surface area contributed by atoms with E-state index < -0.39 is 0 Å². The van der Waals surface area contributed by atoms with Crippen molar-refractivity contribution < 1.29 is 18.9 Å². The van der Waals surface area contributed by atoms with E-state index in [9.17, 15) is 0 Å². The molecule has 0 spiro atoms. The summed E-state index contributed by atoms with van der Waals surface area (Å²) in [6.45, 7) is 9.35. The molecule has 2 aromatic carbocycles. The molecule has 0 N–H and O–H groups in total. The van der Waals surface area contributed by atoms with Gasteiger partial charge in [0.05, 0.1) is 0 Å². The van der Waals surface area contributed by atoms with Crippen LogP contribution in [0.5, 0.6) is 11.5 Å². The minimum Gasteiger partial charge on any atom is -0.489 e. The van der Waals surface area contributed by atoms with E-state index in [-0.39, 0.29) is 12.2 Å². The molecule has 32 heavy (non-hydrogen) atoms. The van der Waals surface area contributed by atoms with Gasteiger partial charge in [-0.25, -0.2) is 0 Å². The lowest BCUT2D eigenvalue weighted by Gasteiger charge is -2.18. The second kappa shape index (κ2) is 10.2. The number of ether oxygens (including phenoxy) is 4. The van der Waals surface area contributed by atoms with Gasteiger partial charge in [0.2, 0.25) is 8.77 Å². The molecular weight excluding hydrogens is 481 g/mol. The summed E-state index contributed by atoms with van der Waals surface area (Å²) in [5.74, 6) is 3.53. The zero-order valence-corrected chi connectivity index (χ0v) is 21.8. The highest BCUT2D eigenvalue weighted by Crippen LogP contribution is 2.35. The molecule has 8 heteroatoms. The van der Waals surface area contributed by atoms with Crippen molar-refractivity contribution in [2.75, 3.05) is 24.7 Å². The molecule has 170 valence electrons. The van der Waals surface area contributed by atoms with Gasteiger partial charge in [-0.1, -0.05) is 23.5 Å². The van der Waals surface area contributed by atoms with Gasteiger partial charge in [0.25, 0.3) is 0 Å². The minimum atomic E-state index is 0.0209. The molecule has 2 aliphatic heterocycles. The molecule has 0 radical (unpaired) electrons. The van der Waals surface area contributed by atoms with Crippen LogP contribution < -0.4 is 9.47 Å². The zero-order valence-electron chi connectivity index (χ0n) is 18.6. The number of rotatable bonds is 7. The third-order valence-corrected chi connectivity index (χ3v) is 8.02. The Morgan fingerprint density at radius 2 is 1.06 bits per heavy atom. The van der Waals surface area contributed by atoms with Crippen molar-refractivity contribution in [3.8, 4) is 22.6 Å². The molecular formula is C24H26O4S4. The largest absolute Gasteiger partial charge is 0.489 e. The smallest absolute Gasteiger partial charge is 0.220 e. The van der Waals surface area contributed by atoms with Gasteiger partial charge in [-0.15, -0.1) is 0 Å². The van der Waals surface area contributed by atoms with Crippen LogP contribution in [0.15, 0.2) is 24.3 Å². The van der Waals surface area contributed by atoms with Crippen molar-refractivity contribution >= 4 is 56.7 Å². The fourth-order valence-electron chi connectivity index (χ4n) is 3.94. The molecule has 0 aromatic heterocycles. The van der Waals surface area contributed by atoms with Gasteiger partial charge in [-0.05, 0) is 110 Å². The summed E-state index contributed by atoms with van der Waals surface area (Å²) in [5.41, 5.74) is 6.76. The van der Waals surface area contributed by atoms with E-state index in [4.69, 9.17) is 43.4 Å². The van der Waals surface area contributed by atoms with Crippen LogP contribution in [0.3, 0.4) is 0 Å². The normalized spacial score (nSPS) is 20.2. The third-order valence-electron chi connectivity index (χ3n) is 5.38.